The molecule has 0 fully saturated rings. The van der Waals surface area contributed by atoms with Gasteiger partial charge in [0.15, 0.2) is 10.8 Å². The molecule has 9 heteroatoms. The summed E-state index contributed by atoms with van der Waals surface area (Å²) in [6, 6.07) is 7.08. The molecule has 30 heavy (non-hydrogen) atoms. The summed E-state index contributed by atoms with van der Waals surface area (Å²) >= 11 is 1.60. The number of nitrogens with one attached hydrogen (secondary N) is 2. The lowest BCUT2D eigenvalue weighted by molar-refractivity contribution is 0.0951. The lowest BCUT2D eigenvalue weighted by Crippen LogP contribution is -2.27. The average Bonchev–Trinajstić information content (AvgIpc) is 3.15. The van der Waals surface area contributed by atoms with Gasteiger partial charge in [-0.15, -0.1) is 0 Å². The van der Waals surface area contributed by atoms with Crippen LogP contribution in [0.15, 0.2) is 35.6 Å². The molecule has 0 saturated carbocycles. The molecule has 3 aromatic rings. The van der Waals surface area contributed by atoms with Crippen LogP contribution >= 0.6 is 11.8 Å². The van der Waals surface area contributed by atoms with Gasteiger partial charge in [0.1, 0.15) is 11.6 Å². The van der Waals surface area contributed by atoms with Crippen molar-refractivity contribution in [3.8, 4) is 5.75 Å². The molecular weight excluding hydrogens is 400 g/mol. The summed E-state index contributed by atoms with van der Waals surface area (Å²) in [6.07, 6.45) is 1.78. The predicted molar refractivity (Wildman–Crippen MR) is 120 cm³/mol. The van der Waals surface area contributed by atoms with Crippen LogP contribution in [0.3, 0.4) is 0 Å². The number of amides is 1. The van der Waals surface area contributed by atoms with Gasteiger partial charge in [-0.1, -0.05) is 38.6 Å². The highest BCUT2D eigenvalue weighted by Crippen LogP contribution is 2.24. The van der Waals surface area contributed by atoms with E-state index >= 15 is 0 Å². The van der Waals surface area contributed by atoms with E-state index in [1.54, 1.807) is 43.3 Å². The van der Waals surface area contributed by atoms with Gasteiger partial charge in [0.05, 0.1) is 25.2 Å². The first kappa shape index (κ1) is 21.9. The number of thioether (sulfide) groups is 1. The number of hydrogen-bond donors (Lipinski definition) is 2. The van der Waals surface area contributed by atoms with Crippen molar-refractivity contribution < 1.29 is 9.53 Å². The third kappa shape index (κ3) is 5.41. The molecule has 0 spiro atoms. The molecule has 0 saturated heterocycles. The number of benzene rings is 1. The van der Waals surface area contributed by atoms with Crippen molar-refractivity contribution in [2.45, 2.75) is 32.5 Å². The molecule has 0 atom stereocenters. The summed E-state index contributed by atoms with van der Waals surface area (Å²) < 4.78 is 6.99. The van der Waals surface area contributed by atoms with Crippen LogP contribution in [-0.2, 0) is 6.54 Å². The lowest BCUT2D eigenvalue weighted by atomic mass is 10.2. The Balaban J connectivity index is 1.73. The lowest BCUT2D eigenvalue weighted by Gasteiger charge is -2.11. The van der Waals surface area contributed by atoms with E-state index in [1.165, 1.54) is 0 Å². The predicted octanol–water partition coefficient (Wildman–Crippen LogP) is 3.44. The Morgan fingerprint density at radius 1 is 1.30 bits per heavy atom. The van der Waals surface area contributed by atoms with Gasteiger partial charge in [0.25, 0.3) is 5.91 Å². The second-order valence-electron chi connectivity index (χ2n) is 7.16. The maximum atomic E-state index is 12.4. The highest BCUT2D eigenvalue weighted by molar-refractivity contribution is 7.99. The molecule has 0 radical (unpaired) electrons. The molecule has 0 unspecified atom stereocenters. The molecule has 1 amide bonds. The number of methoxy groups -OCH3 is 1. The van der Waals surface area contributed by atoms with Crippen molar-refractivity contribution in [3.05, 3.63) is 36.0 Å². The van der Waals surface area contributed by atoms with Crippen LogP contribution in [0.1, 0.15) is 31.1 Å². The number of carbonyl (C=O) groups is 1. The molecule has 0 bridgehead atoms. The summed E-state index contributed by atoms with van der Waals surface area (Å²) in [5.41, 5.74) is 1.33. The highest BCUT2D eigenvalue weighted by atomic mass is 32.2. The number of ether oxygens (including phenoxy) is 1. The number of nitrogens with zero attached hydrogens (tertiary/aromatic N) is 4. The molecule has 0 aliphatic rings. The van der Waals surface area contributed by atoms with Crippen molar-refractivity contribution in [1.82, 2.24) is 25.1 Å². The summed E-state index contributed by atoms with van der Waals surface area (Å²) in [7, 11) is 1.58. The third-order valence-electron chi connectivity index (χ3n) is 4.37. The fourth-order valence-electron chi connectivity index (χ4n) is 2.87. The van der Waals surface area contributed by atoms with Crippen molar-refractivity contribution in [2.24, 2.45) is 5.92 Å². The normalized spacial score (nSPS) is 11.1. The van der Waals surface area contributed by atoms with E-state index < -0.39 is 0 Å². The van der Waals surface area contributed by atoms with Gasteiger partial charge in [0.2, 0.25) is 0 Å². The molecule has 0 aliphatic heterocycles. The number of rotatable bonds is 10. The Morgan fingerprint density at radius 2 is 2.13 bits per heavy atom. The van der Waals surface area contributed by atoms with Crippen LogP contribution in [-0.4, -0.2) is 51.6 Å². The van der Waals surface area contributed by atoms with Crippen LogP contribution in [0, 0.1) is 5.92 Å². The molecule has 160 valence electrons. The standard InChI is InChI=1S/C21H28N6O2S/c1-5-30-21-25-18(23-12-14(2)3)17-13-24-27(19(17)26-21)10-9-22-20(28)15-7-6-8-16(11-15)29-4/h6-8,11,13-14H,5,9-10,12H2,1-4H3,(H,22,28)(H,23,25,26). The number of anilines is 1. The second-order valence-corrected chi connectivity index (χ2v) is 8.39. The van der Waals surface area contributed by atoms with Crippen LogP contribution < -0.4 is 15.4 Å². The Bertz CT molecular complexity index is 1000. The summed E-state index contributed by atoms with van der Waals surface area (Å²) in [5, 5.41) is 12.4. The monoisotopic (exact) mass is 428 g/mol. The first-order valence-electron chi connectivity index (χ1n) is 10.0. The maximum Gasteiger partial charge on any atom is 0.251 e. The second kappa shape index (κ2) is 10.3. The van der Waals surface area contributed by atoms with E-state index in [0.29, 0.717) is 30.3 Å². The fraction of sp³-hybridized carbons (Fsp3) is 0.429. The zero-order valence-electron chi connectivity index (χ0n) is 17.8. The van der Waals surface area contributed by atoms with E-state index in [2.05, 4.69) is 46.5 Å². The summed E-state index contributed by atoms with van der Waals surface area (Å²) in [4.78, 5) is 21.7. The van der Waals surface area contributed by atoms with Gasteiger partial charge in [-0.05, 0) is 29.9 Å². The van der Waals surface area contributed by atoms with Crippen molar-refractivity contribution in [2.75, 3.05) is 31.3 Å². The minimum absolute atomic E-state index is 0.151. The third-order valence-corrected chi connectivity index (χ3v) is 5.10. The molecule has 3 rings (SSSR count). The Hall–Kier alpha value is -2.81. The fourth-order valence-corrected chi connectivity index (χ4v) is 3.43. The minimum atomic E-state index is -0.151. The van der Waals surface area contributed by atoms with E-state index in [9.17, 15) is 4.79 Å². The van der Waals surface area contributed by atoms with Crippen molar-refractivity contribution in [1.29, 1.82) is 0 Å². The Kier molecular flexibility index (Phi) is 7.51. The van der Waals surface area contributed by atoms with E-state index in [0.717, 1.165) is 34.3 Å². The smallest absolute Gasteiger partial charge is 0.251 e. The SMILES string of the molecule is CCSc1nc(NCC(C)C)c2cnn(CCNC(=O)c3cccc(OC)c3)c2n1. The molecule has 8 nitrogen and oxygen atoms in total. The molecule has 2 N–H and O–H groups in total. The maximum absolute atomic E-state index is 12.4. The average molecular weight is 429 g/mol. The highest BCUT2D eigenvalue weighted by Gasteiger charge is 2.14. The summed E-state index contributed by atoms with van der Waals surface area (Å²) in [5.74, 6) is 2.69. The number of fused-ring (bicyclic) bond motifs is 1. The van der Waals surface area contributed by atoms with Crippen LogP contribution in [0.25, 0.3) is 11.0 Å². The van der Waals surface area contributed by atoms with Gasteiger partial charge in [-0.2, -0.15) is 5.10 Å². The molecule has 0 aliphatic carbocycles. The van der Waals surface area contributed by atoms with Crippen LogP contribution in [0.5, 0.6) is 5.75 Å². The van der Waals surface area contributed by atoms with E-state index in [1.807, 2.05) is 10.7 Å². The Morgan fingerprint density at radius 3 is 2.87 bits per heavy atom. The van der Waals surface area contributed by atoms with Gasteiger partial charge in [-0.25, -0.2) is 14.6 Å². The van der Waals surface area contributed by atoms with Gasteiger partial charge >= 0.3 is 0 Å². The van der Waals surface area contributed by atoms with E-state index in [-0.39, 0.29) is 5.91 Å². The molecule has 2 aromatic heterocycles. The van der Waals surface area contributed by atoms with E-state index in [4.69, 9.17) is 4.74 Å². The largest absolute Gasteiger partial charge is 0.497 e. The summed E-state index contributed by atoms with van der Waals surface area (Å²) in [6.45, 7) is 8.15. The molecule has 1 aromatic carbocycles. The van der Waals surface area contributed by atoms with Crippen molar-refractivity contribution in [3.63, 3.8) is 0 Å². The van der Waals surface area contributed by atoms with Gasteiger partial charge < -0.3 is 15.4 Å². The zero-order chi connectivity index (χ0) is 21.5. The quantitative estimate of drug-likeness (QED) is 0.377. The first-order chi connectivity index (χ1) is 14.5. The first-order valence-corrected chi connectivity index (χ1v) is 11.0. The van der Waals surface area contributed by atoms with Crippen molar-refractivity contribution >= 4 is 34.5 Å². The molecular formula is C21H28N6O2S. The van der Waals surface area contributed by atoms with Gasteiger partial charge in [-0.3, -0.25) is 4.79 Å². The topological polar surface area (TPSA) is 94.0 Å². The Labute approximate surface area is 180 Å². The van der Waals surface area contributed by atoms with Gasteiger partial charge in [0, 0.05) is 18.7 Å². The minimum Gasteiger partial charge on any atom is -0.497 e. The van der Waals surface area contributed by atoms with Crippen LogP contribution in [0.2, 0.25) is 0 Å². The molecule has 2 heterocycles. The zero-order valence-corrected chi connectivity index (χ0v) is 18.6. The number of hydrogen-bond acceptors (Lipinski definition) is 7. The number of carbonyl (C=O) groups excluding carboxylic acids is 1. The van der Waals surface area contributed by atoms with Crippen LogP contribution in [0.4, 0.5) is 5.82 Å². The number of aromatic nitrogens is 4.